The lowest BCUT2D eigenvalue weighted by Gasteiger charge is -2.15. The highest BCUT2D eigenvalue weighted by Gasteiger charge is 2.28. The molecule has 5 aromatic rings. The van der Waals surface area contributed by atoms with Gasteiger partial charge in [0.05, 0.1) is 23.6 Å². The second kappa shape index (κ2) is 10.8. The summed E-state index contributed by atoms with van der Waals surface area (Å²) in [4.78, 5) is 46.1. The Kier molecular flexibility index (Phi) is 7.00. The first-order valence-electron chi connectivity index (χ1n) is 13.6. The molecule has 0 unspecified atom stereocenters. The molecule has 1 aromatic carbocycles. The number of aromatic nitrogens is 3. The first-order chi connectivity index (χ1) is 19.9. The van der Waals surface area contributed by atoms with Crippen LogP contribution in [0.1, 0.15) is 55.1 Å². The monoisotopic (exact) mass is 567 g/mol. The minimum Gasteiger partial charge on any atom is -0.465 e. The van der Waals surface area contributed by atoms with Gasteiger partial charge in [0.25, 0.3) is 11.5 Å². The van der Waals surface area contributed by atoms with Crippen LogP contribution >= 0.6 is 11.3 Å². The van der Waals surface area contributed by atoms with Crippen molar-refractivity contribution in [2.75, 3.05) is 12.4 Å². The summed E-state index contributed by atoms with van der Waals surface area (Å²) in [6.45, 7) is 2.22. The number of hydrogen-bond donors (Lipinski definition) is 2. The lowest BCUT2D eigenvalue weighted by atomic mass is 9.95. The van der Waals surface area contributed by atoms with Gasteiger partial charge in [-0.05, 0) is 67.9 Å². The van der Waals surface area contributed by atoms with Gasteiger partial charge in [-0.25, -0.2) is 9.78 Å². The normalized spacial score (nSPS) is 12.8. The van der Waals surface area contributed by atoms with Crippen molar-refractivity contribution in [1.82, 2.24) is 14.0 Å². The molecule has 4 heterocycles. The molecule has 1 aliphatic carbocycles. The molecule has 2 N–H and O–H groups in total. The van der Waals surface area contributed by atoms with Crippen molar-refractivity contribution < 1.29 is 14.3 Å². The third-order valence-electron chi connectivity index (χ3n) is 7.63. The zero-order chi connectivity index (χ0) is 28.7. The van der Waals surface area contributed by atoms with Crippen LogP contribution in [-0.2, 0) is 30.5 Å². The Hall–Kier alpha value is -4.57. The molecule has 0 fully saturated rings. The van der Waals surface area contributed by atoms with E-state index >= 15 is 0 Å². The fourth-order valence-electron chi connectivity index (χ4n) is 5.52. The van der Waals surface area contributed by atoms with Crippen molar-refractivity contribution in [1.29, 1.82) is 5.41 Å². The van der Waals surface area contributed by atoms with Gasteiger partial charge < -0.3 is 14.6 Å². The van der Waals surface area contributed by atoms with Crippen LogP contribution in [0.25, 0.3) is 16.7 Å². The molecular formula is C31H29N5O4S. The molecule has 208 valence electrons. The molecule has 9 nitrogen and oxygen atoms in total. The van der Waals surface area contributed by atoms with Gasteiger partial charge in [0.1, 0.15) is 21.8 Å². The number of nitrogens with zero attached hydrogens (tertiary/aromatic N) is 3. The van der Waals surface area contributed by atoms with E-state index in [1.807, 2.05) is 43.3 Å². The maximum atomic E-state index is 13.8. The van der Waals surface area contributed by atoms with E-state index in [9.17, 15) is 14.4 Å². The molecule has 6 rings (SSSR count). The summed E-state index contributed by atoms with van der Waals surface area (Å²) in [5, 5.41) is 12.6. The molecule has 0 radical (unpaired) electrons. The number of nitrogens with one attached hydrogen (secondary N) is 2. The lowest BCUT2D eigenvalue weighted by molar-refractivity contribution is 0.0601. The van der Waals surface area contributed by atoms with Gasteiger partial charge in [0.15, 0.2) is 0 Å². The van der Waals surface area contributed by atoms with E-state index in [1.54, 1.807) is 16.8 Å². The summed E-state index contributed by atoms with van der Waals surface area (Å²) in [6.07, 6.45) is 5.81. The molecule has 0 atom stereocenters. The Morgan fingerprint density at radius 1 is 1.10 bits per heavy atom. The van der Waals surface area contributed by atoms with Crippen LogP contribution in [0.5, 0.6) is 0 Å². The third-order valence-corrected chi connectivity index (χ3v) is 8.84. The van der Waals surface area contributed by atoms with E-state index in [0.717, 1.165) is 47.3 Å². The smallest absolute Gasteiger partial charge is 0.341 e. The second-order valence-corrected chi connectivity index (χ2v) is 11.3. The molecule has 0 bridgehead atoms. The van der Waals surface area contributed by atoms with E-state index in [2.05, 4.69) is 5.32 Å². The van der Waals surface area contributed by atoms with Crippen molar-refractivity contribution in [2.24, 2.45) is 0 Å². The topological polar surface area (TPSA) is 119 Å². The lowest BCUT2D eigenvalue weighted by Crippen LogP contribution is -2.32. The predicted octanol–water partition coefficient (Wildman–Crippen LogP) is 4.66. The van der Waals surface area contributed by atoms with Crippen molar-refractivity contribution >= 4 is 44.9 Å². The Balaban J connectivity index is 1.50. The molecule has 1 amide bonds. The first-order valence-corrected chi connectivity index (χ1v) is 14.4. The molecule has 1 aliphatic rings. The standard InChI is InChI=1S/C31H29N5O4S/c1-18-9-8-15-36-26(18)33-27-22(30(36)38)17-21(25(32)35(27)16-14-19-10-4-3-5-11-19)28(37)34-29-24(31(39)40-2)20-12-6-7-13-23(20)41-29/h3-5,8-11,15,17,32H,6-7,12-14,16H2,1-2H3,(H,34,37). The summed E-state index contributed by atoms with van der Waals surface area (Å²) in [5.74, 6) is -1.06. The molecule has 0 saturated heterocycles. The van der Waals surface area contributed by atoms with Gasteiger partial charge >= 0.3 is 5.97 Å². The first kappa shape index (κ1) is 26.6. The van der Waals surface area contributed by atoms with Gasteiger partial charge in [-0.15, -0.1) is 11.3 Å². The molecule has 10 heteroatoms. The number of carbonyl (C=O) groups excluding carboxylic acids is 2. The highest BCUT2D eigenvalue weighted by molar-refractivity contribution is 7.17. The Morgan fingerprint density at radius 3 is 2.66 bits per heavy atom. The van der Waals surface area contributed by atoms with Crippen LogP contribution < -0.4 is 16.4 Å². The van der Waals surface area contributed by atoms with Crippen LogP contribution in [0.4, 0.5) is 5.00 Å². The fraction of sp³-hybridized carbons (Fsp3) is 0.258. The minimum absolute atomic E-state index is 0.0271. The number of carbonyl (C=O) groups is 2. The van der Waals surface area contributed by atoms with Gasteiger partial charge in [0, 0.05) is 17.6 Å². The van der Waals surface area contributed by atoms with Crippen molar-refractivity contribution in [3.63, 3.8) is 0 Å². The van der Waals surface area contributed by atoms with E-state index in [0.29, 0.717) is 34.8 Å². The number of rotatable bonds is 6. The quantitative estimate of drug-likeness (QED) is 0.229. The number of methoxy groups -OCH3 is 1. The number of anilines is 1. The van der Waals surface area contributed by atoms with Gasteiger partial charge in [-0.3, -0.25) is 19.4 Å². The zero-order valence-electron chi connectivity index (χ0n) is 22.8. The summed E-state index contributed by atoms with van der Waals surface area (Å²) < 4.78 is 8.15. The fourth-order valence-corrected chi connectivity index (χ4v) is 6.79. The second-order valence-electron chi connectivity index (χ2n) is 10.2. The number of ether oxygens (including phenoxy) is 1. The van der Waals surface area contributed by atoms with E-state index in [1.165, 1.54) is 28.9 Å². The van der Waals surface area contributed by atoms with E-state index in [4.69, 9.17) is 15.1 Å². The van der Waals surface area contributed by atoms with Crippen LogP contribution in [0.15, 0.2) is 59.5 Å². The van der Waals surface area contributed by atoms with E-state index in [-0.39, 0.29) is 22.0 Å². The number of amides is 1. The number of aryl methyl sites for hydroxylation is 4. The Bertz CT molecular complexity index is 1960. The predicted molar refractivity (Wildman–Crippen MR) is 158 cm³/mol. The third kappa shape index (κ3) is 4.74. The minimum atomic E-state index is -0.567. The number of pyridine rings is 2. The highest BCUT2D eigenvalue weighted by atomic mass is 32.1. The Morgan fingerprint density at radius 2 is 1.88 bits per heavy atom. The average Bonchev–Trinajstić information content (AvgIpc) is 3.35. The van der Waals surface area contributed by atoms with Gasteiger partial charge in [-0.1, -0.05) is 36.4 Å². The highest BCUT2D eigenvalue weighted by Crippen LogP contribution is 2.38. The SMILES string of the molecule is COC(=O)c1c(NC(=O)c2cc3c(=O)n4cccc(C)c4nc3n(CCc3ccccc3)c2=N)sc2c1CCCC2. The van der Waals surface area contributed by atoms with Crippen LogP contribution in [0.3, 0.4) is 0 Å². The largest absolute Gasteiger partial charge is 0.465 e. The summed E-state index contributed by atoms with van der Waals surface area (Å²) >= 11 is 1.38. The van der Waals surface area contributed by atoms with Crippen molar-refractivity contribution in [3.05, 3.63) is 103 Å². The number of fused-ring (bicyclic) bond motifs is 3. The number of hydrogen-bond acceptors (Lipinski definition) is 7. The molecule has 4 aromatic heterocycles. The van der Waals surface area contributed by atoms with Gasteiger partial charge in [-0.2, -0.15) is 0 Å². The molecular weight excluding hydrogens is 538 g/mol. The molecule has 41 heavy (non-hydrogen) atoms. The summed E-state index contributed by atoms with van der Waals surface area (Å²) in [5.41, 5.74) is 3.69. The summed E-state index contributed by atoms with van der Waals surface area (Å²) in [6, 6.07) is 14.9. The van der Waals surface area contributed by atoms with Gasteiger partial charge in [0.2, 0.25) is 0 Å². The summed E-state index contributed by atoms with van der Waals surface area (Å²) in [7, 11) is 1.33. The average molecular weight is 568 g/mol. The molecule has 0 saturated carbocycles. The number of esters is 1. The number of thiophene rings is 1. The molecule has 0 aliphatic heterocycles. The van der Waals surface area contributed by atoms with Crippen LogP contribution in [0, 0.1) is 12.3 Å². The van der Waals surface area contributed by atoms with E-state index < -0.39 is 11.9 Å². The van der Waals surface area contributed by atoms with Crippen molar-refractivity contribution in [2.45, 2.75) is 45.6 Å². The number of benzene rings is 1. The Labute approximate surface area is 239 Å². The molecule has 0 spiro atoms. The van der Waals surface area contributed by atoms with Crippen LogP contribution in [-0.4, -0.2) is 32.9 Å². The van der Waals surface area contributed by atoms with Crippen molar-refractivity contribution in [3.8, 4) is 0 Å². The maximum Gasteiger partial charge on any atom is 0.341 e. The van der Waals surface area contributed by atoms with Crippen LogP contribution in [0.2, 0.25) is 0 Å². The zero-order valence-corrected chi connectivity index (χ0v) is 23.6. The maximum absolute atomic E-state index is 13.8.